The molecule has 8 heterocycles. The summed E-state index contributed by atoms with van der Waals surface area (Å²) in [6.07, 6.45) is 2.72. The van der Waals surface area contributed by atoms with Crippen molar-refractivity contribution in [3.8, 4) is 0 Å². The second kappa shape index (κ2) is 20.1. The highest BCUT2D eigenvalue weighted by Gasteiger charge is 2.71. The topological polar surface area (TPSA) is 305 Å². The van der Waals surface area contributed by atoms with E-state index in [2.05, 4.69) is 46.0 Å². The highest BCUT2D eigenvalue weighted by Crippen LogP contribution is 2.76. The molecule has 476 valence electrons. The van der Waals surface area contributed by atoms with Crippen LogP contribution >= 0.6 is 0 Å². The van der Waals surface area contributed by atoms with Gasteiger partial charge >= 0.3 is 76.4 Å². The minimum atomic E-state index is -4.84. The molecular weight excluding hydrogens is 1200 g/mol. The number of cyclic esters (lactones) is 8. The summed E-state index contributed by atoms with van der Waals surface area (Å²) in [4.78, 5) is 141. The Labute approximate surface area is 512 Å². The average Bonchev–Trinajstić information content (AvgIpc) is 1.53. The summed E-state index contributed by atoms with van der Waals surface area (Å²) in [7, 11) is 0. The smallest absolute Gasteiger partial charge is 0.393 e. The molecule has 6 saturated carbocycles. The highest BCUT2D eigenvalue weighted by atomic mass is 19.4. The van der Waals surface area contributed by atoms with Gasteiger partial charge in [0.25, 0.3) is 0 Å². The summed E-state index contributed by atoms with van der Waals surface area (Å²) in [5.74, 6) is -5.09. The molecule has 2 aromatic heterocycles. The number of ether oxygens (including phenoxy) is 8. The number of alkyl halides is 3. The van der Waals surface area contributed by atoms with Crippen molar-refractivity contribution in [1.82, 2.24) is 0 Å². The van der Waals surface area contributed by atoms with E-state index >= 15 is 0 Å². The third-order valence-corrected chi connectivity index (χ3v) is 23.0. The summed E-state index contributed by atoms with van der Waals surface area (Å²) in [5, 5.41) is -0.0726. The molecule has 16 unspecified atom stereocenters. The monoisotopic (exact) mass is 1260 g/mol. The lowest BCUT2D eigenvalue weighted by Gasteiger charge is -2.54. The SMILES string of the molecule is CC(c1ccc2c(c1)C(=O)OC2=O)(c1ccc2c(c1)C(=O)OC2=O)C(F)(F)F.CC1(C)CC2(CC(C)(C)C3CC4OC5CC6C(=O)OC(=O)C6CC5OC4CC32)C2CC3OC4CC5C(=O)OC(=O)C5CC4OC3CC21.O=c1oc(=O)c2cc3c(=O)oc(=O)c3cc12. The summed E-state index contributed by atoms with van der Waals surface area (Å²) in [5.41, 5.74) is -6.92. The summed E-state index contributed by atoms with van der Waals surface area (Å²) in [6, 6.07) is 8.52. The molecule has 12 aliphatic rings. The lowest BCUT2D eigenvalue weighted by Crippen LogP contribution is -2.59. The molecule has 1 spiro atoms. The number of hydrogen-bond acceptors (Lipinski definition) is 22. The van der Waals surface area contributed by atoms with E-state index < -0.39 is 106 Å². The first-order chi connectivity index (χ1) is 42.9. The predicted octanol–water partition coefficient (Wildman–Crippen LogP) is 6.82. The summed E-state index contributed by atoms with van der Waals surface area (Å²) >= 11 is 0. The van der Waals surface area contributed by atoms with E-state index in [-0.39, 0.29) is 120 Å². The van der Waals surface area contributed by atoms with Gasteiger partial charge in [-0.2, -0.15) is 13.2 Å². The molecule has 0 bridgehead atoms. The Morgan fingerprint density at radius 3 is 0.967 bits per heavy atom. The van der Waals surface area contributed by atoms with Gasteiger partial charge in [-0.15, -0.1) is 0 Å². The fourth-order valence-corrected chi connectivity index (χ4v) is 18.9. The first-order valence-electron chi connectivity index (χ1n) is 30.7. The van der Waals surface area contributed by atoms with Crippen molar-refractivity contribution < 1.29 is 98.3 Å². The van der Waals surface area contributed by atoms with Gasteiger partial charge in [0.1, 0.15) is 5.41 Å². The third-order valence-electron chi connectivity index (χ3n) is 23.0. The van der Waals surface area contributed by atoms with Gasteiger partial charge < -0.3 is 46.7 Å². The standard InChI is InChI=1S/C37H48O10.C19H9F3O6.C10H2O6/c1-35(2)13-37(21-11-29-27(9-19(21)35)42-23-5-15-17(7-25(23)44-29)33(40)46-31(15)38)14-36(3,4)20-10-28-30(12-22(20)37)45-26-8-18-16(6-24(26)43-28)32(39)47-34(18)41;1-18(19(20,21)22,8-2-4-10-12(6-8)16(25)27-14(10)23)9-3-5-11-13(7-9)17(26)28-15(11)24;11-7-3-1-4-6(10(14)16-8(4)12)2-5(3)9(13)15-7/h15-30H,5-14H2,1-4H3;2-7H,1H3;1-2H. The summed E-state index contributed by atoms with van der Waals surface area (Å²) < 4.78 is 97.4. The van der Waals surface area contributed by atoms with Crippen LogP contribution in [-0.4, -0.2) is 103 Å². The maximum atomic E-state index is 14.2. The van der Waals surface area contributed by atoms with Gasteiger partial charge in [0, 0.05) is 0 Å². The lowest BCUT2D eigenvalue weighted by molar-refractivity contribution is -0.266. The number of furan rings is 2. The largest absolute Gasteiger partial charge is 0.402 e. The second-order valence-electron chi connectivity index (χ2n) is 28.4. The Hall–Kier alpha value is -7.87. The lowest BCUT2D eigenvalue weighted by atomic mass is 9.59. The zero-order chi connectivity index (χ0) is 64.2. The van der Waals surface area contributed by atoms with Gasteiger partial charge in [0.05, 0.1) is 116 Å². The predicted molar refractivity (Wildman–Crippen MR) is 299 cm³/mol. The molecule has 5 aromatic rings. The minimum Gasteiger partial charge on any atom is -0.393 e. The molecule has 17 rings (SSSR count). The van der Waals surface area contributed by atoms with E-state index in [0.29, 0.717) is 49.4 Å². The third kappa shape index (κ3) is 8.92. The first kappa shape index (κ1) is 59.4. The maximum absolute atomic E-state index is 14.2. The van der Waals surface area contributed by atoms with E-state index in [1.165, 1.54) is 12.8 Å². The zero-order valence-corrected chi connectivity index (χ0v) is 49.5. The van der Waals surface area contributed by atoms with E-state index in [4.69, 9.17) is 28.4 Å². The molecule has 91 heavy (non-hydrogen) atoms. The number of esters is 8. The molecule has 4 saturated heterocycles. The van der Waals surface area contributed by atoms with Gasteiger partial charge in [0.2, 0.25) is 0 Å². The van der Waals surface area contributed by atoms with Crippen LogP contribution in [0.3, 0.4) is 0 Å². The van der Waals surface area contributed by atoms with Gasteiger partial charge in [-0.3, -0.25) is 19.2 Å². The van der Waals surface area contributed by atoms with Gasteiger partial charge in [0.15, 0.2) is 0 Å². The van der Waals surface area contributed by atoms with Crippen molar-refractivity contribution in [2.24, 2.45) is 63.6 Å². The number of hydrogen-bond donors (Lipinski definition) is 0. The van der Waals surface area contributed by atoms with Crippen molar-refractivity contribution in [2.75, 3.05) is 0 Å². The van der Waals surface area contributed by atoms with Crippen molar-refractivity contribution in [1.29, 1.82) is 0 Å². The molecular formula is C66H59F3O22. The number of benzene rings is 3. The van der Waals surface area contributed by atoms with Crippen LogP contribution in [0, 0.1) is 63.6 Å². The van der Waals surface area contributed by atoms with Crippen LogP contribution < -0.4 is 22.5 Å². The van der Waals surface area contributed by atoms with Crippen molar-refractivity contribution in [3.05, 3.63) is 124 Å². The Kier molecular flexibility index (Phi) is 13.1. The number of halogens is 3. The molecule has 16 atom stereocenters. The summed E-state index contributed by atoms with van der Waals surface area (Å²) in [6.45, 7) is 10.7. The molecule has 6 aliphatic heterocycles. The molecule has 0 amide bonds. The van der Waals surface area contributed by atoms with Crippen LogP contribution in [0.4, 0.5) is 13.2 Å². The fourth-order valence-electron chi connectivity index (χ4n) is 18.9. The molecule has 22 nitrogen and oxygen atoms in total. The molecule has 3 aromatic carbocycles. The quantitative estimate of drug-likeness (QED) is 0.0994. The second-order valence-corrected chi connectivity index (χ2v) is 28.4. The number of rotatable bonds is 2. The first-order valence-corrected chi connectivity index (χ1v) is 30.7. The van der Waals surface area contributed by atoms with Crippen LogP contribution in [0.15, 0.2) is 76.5 Å². The average molecular weight is 1260 g/mol. The fraction of sp³-hybridized carbons (Fsp3) is 0.545. The van der Waals surface area contributed by atoms with Crippen molar-refractivity contribution >= 4 is 69.3 Å². The number of carbonyl (C=O) groups is 8. The molecule has 10 fully saturated rings. The van der Waals surface area contributed by atoms with Crippen LogP contribution in [-0.2, 0) is 62.5 Å². The number of fused-ring (bicyclic) bond motifs is 14. The minimum absolute atomic E-state index is 0.00819. The molecule has 6 aliphatic carbocycles. The number of carbonyl (C=O) groups excluding carboxylic acids is 8. The van der Waals surface area contributed by atoms with Crippen molar-refractivity contribution in [3.63, 3.8) is 0 Å². The van der Waals surface area contributed by atoms with E-state index in [9.17, 15) is 70.7 Å². The Morgan fingerprint density at radius 1 is 0.374 bits per heavy atom. The van der Waals surface area contributed by atoms with Crippen LogP contribution in [0.5, 0.6) is 0 Å². The normalized spacial score (nSPS) is 36.0. The van der Waals surface area contributed by atoms with Crippen LogP contribution in [0.1, 0.15) is 151 Å². The van der Waals surface area contributed by atoms with Crippen LogP contribution in [0.2, 0.25) is 0 Å². The molecule has 0 N–H and O–H groups in total. The maximum Gasteiger partial charge on any atom is 0.402 e. The van der Waals surface area contributed by atoms with E-state index in [1.54, 1.807) is 0 Å². The Bertz CT molecular complexity index is 3980. The van der Waals surface area contributed by atoms with Gasteiger partial charge in [-0.25, -0.2) is 38.4 Å². The highest BCUT2D eigenvalue weighted by molar-refractivity contribution is 6.15. The van der Waals surface area contributed by atoms with E-state index in [1.807, 2.05) is 0 Å². The van der Waals surface area contributed by atoms with Crippen LogP contribution in [0.25, 0.3) is 21.5 Å². The molecule has 0 radical (unpaired) electrons. The van der Waals surface area contributed by atoms with E-state index in [0.717, 1.165) is 81.1 Å². The molecule has 25 heteroatoms. The van der Waals surface area contributed by atoms with Crippen molar-refractivity contribution in [2.45, 2.75) is 159 Å². The zero-order valence-electron chi connectivity index (χ0n) is 49.5. The van der Waals surface area contributed by atoms with Gasteiger partial charge in [-0.1, -0.05) is 39.8 Å². The van der Waals surface area contributed by atoms with Gasteiger partial charge in [-0.05, 0) is 159 Å². The Balaban J connectivity index is 0.000000132. The Morgan fingerprint density at radius 2 is 0.659 bits per heavy atom.